The van der Waals surface area contributed by atoms with E-state index in [0.717, 1.165) is 45.0 Å². The number of H-pyrrole nitrogens is 1. The van der Waals surface area contributed by atoms with Crippen molar-refractivity contribution in [3.05, 3.63) is 64.3 Å². The molecule has 1 fully saturated rings. The molecule has 1 atom stereocenters. The van der Waals surface area contributed by atoms with Gasteiger partial charge < -0.3 is 15.2 Å². The summed E-state index contributed by atoms with van der Waals surface area (Å²) in [7, 11) is 0. The fraction of sp³-hybridized carbons (Fsp3) is 0.211. The van der Waals surface area contributed by atoms with Gasteiger partial charge in [0.15, 0.2) is 0 Å². The Morgan fingerprint density at radius 1 is 1.12 bits per heavy atom. The monoisotopic (exact) mass is 381 g/mol. The van der Waals surface area contributed by atoms with Crippen LogP contribution in [0.4, 0.5) is 5.69 Å². The molecule has 1 amide bonds. The van der Waals surface area contributed by atoms with Crippen molar-refractivity contribution in [1.29, 1.82) is 0 Å². The fourth-order valence-electron chi connectivity index (χ4n) is 3.57. The fourth-order valence-corrected chi connectivity index (χ4v) is 3.93. The summed E-state index contributed by atoms with van der Waals surface area (Å²) in [6.45, 7) is 0. The number of nitrogens with one attached hydrogen (secondary N) is 2. The van der Waals surface area contributed by atoms with Crippen LogP contribution in [0.2, 0.25) is 0 Å². The number of amides is 1. The number of benzene rings is 2. The van der Waals surface area contributed by atoms with Gasteiger partial charge in [-0.2, -0.15) is 0 Å². The zero-order valence-corrected chi connectivity index (χ0v) is 14.5. The molecule has 0 spiro atoms. The number of aromatic amines is 1. The van der Waals surface area contributed by atoms with Crippen LogP contribution in [0, 0.1) is 0 Å². The number of rotatable bonds is 2. The van der Waals surface area contributed by atoms with Gasteiger partial charge in [-0.05, 0) is 43.2 Å². The largest absolute Gasteiger partial charge is 0.361 e. The van der Waals surface area contributed by atoms with Crippen LogP contribution in [0.25, 0.3) is 10.9 Å². The lowest BCUT2D eigenvalue weighted by Gasteiger charge is -2.38. The number of carbonyl (C=O) groups excluding carboxylic acids is 1. The molecule has 120 valence electrons. The third-order valence-corrected chi connectivity index (χ3v) is 5.37. The number of para-hydroxylation sites is 1. The molecule has 4 nitrogen and oxygen atoms in total. The predicted octanol–water partition coefficient (Wildman–Crippen LogP) is 4.66. The van der Waals surface area contributed by atoms with Crippen molar-refractivity contribution in [3.63, 3.8) is 0 Å². The maximum absolute atomic E-state index is 13.1. The van der Waals surface area contributed by atoms with Crippen molar-refractivity contribution in [1.82, 2.24) is 9.88 Å². The first kappa shape index (κ1) is 14.1. The zero-order chi connectivity index (χ0) is 16.3. The molecule has 2 aromatic carbocycles. The smallest absolute Gasteiger partial charge is 0.258 e. The van der Waals surface area contributed by atoms with Gasteiger partial charge in [0.05, 0.1) is 5.56 Å². The van der Waals surface area contributed by atoms with E-state index in [2.05, 4.69) is 38.4 Å². The lowest BCUT2D eigenvalue weighted by molar-refractivity contribution is 0.0667. The Morgan fingerprint density at radius 3 is 2.79 bits per heavy atom. The first-order chi connectivity index (χ1) is 11.7. The van der Waals surface area contributed by atoms with Crippen molar-refractivity contribution >= 4 is 38.4 Å². The summed E-state index contributed by atoms with van der Waals surface area (Å²) in [5, 5.41) is 4.72. The molecule has 1 aliphatic heterocycles. The van der Waals surface area contributed by atoms with Crippen LogP contribution in [-0.4, -0.2) is 21.8 Å². The minimum absolute atomic E-state index is 0.126. The van der Waals surface area contributed by atoms with Gasteiger partial charge in [0.2, 0.25) is 0 Å². The quantitative estimate of drug-likeness (QED) is 0.677. The van der Waals surface area contributed by atoms with E-state index in [1.165, 1.54) is 0 Å². The molecular formula is C19H16BrN3O. The molecule has 0 radical (unpaired) electrons. The number of fused-ring (bicyclic) bond motifs is 2. The Labute approximate surface area is 148 Å². The summed E-state index contributed by atoms with van der Waals surface area (Å²) in [5.74, 6) is 0.126. The molecule has 1 aromatic heterocycles. The summed E-state index contributed by atoms with van der Waals surface area (Å²) in [4.78, 5) is 18.4. The van der Waals surface area contributed by atoms with Crippen LogP contribution >= 0.6 is 15.9 Å². The number of hydrogen-bond acceptors (Lipinski definition) is 2. The normalized spacial score (nSPS) is 20.1. The molecule has 1 saturated carbocycles. The lowest BCUT2D eigenvalue weighted by Crippen LogP contribution is -2.44. The van der Waals surface area contributed by atoms with Gasteiger partial charge in [0.1, 0.15) is 6.17 Å². The van der Waals surface area contributed by atoms with Gasteiger partial charge in [-0.1, -0.05) is 28.1 Å². The first-order valence-corrected chi connectivity index (χ1v) is 8.96. The maximum Gasteiger partial charge on any atom is 0.258 e. The first-order valence-electron chi connectivity index (χ1n) is 8.17. The van der Waals surface area contributed by atoms with Crippen LogP contribution in [0.1, 0.15) is 34.9 Å². The second-order valence-corrected chi connectivity index (χ2v) is 7.39. The van der Waals surface area contributed by atoms with E-state index in [1.807, 2.05) is 41.4 Å². The van der Waals surface area contributed by atoms with E-state index in [1.54, 1.807) is 0 Å². The number of hydrogen-bond donors (Lipinski definition) is 2. The molecule has 1 aliphatic carbocycles. The summed E-state index contributed by atoms with van der Waals surface area (Å²) in [6, 6.07) is 14.3. The average molecular weight is 382 g/mol. The number of aromatic nitrogens is 1. The number of nitrogens with zero attached hydrogens (tertiary/aromatic N) is 1. The van der Waals surface area contributed by atoms with Crippen molar-refractivity contribution in [3.8, 4) is 0 Å². The van der Waals surface area contributed by atoms with Gasteiger partial charge in [-0.15, -0.1) is 0 Å². The van der Waals surface area contributed by atoms with Crippen LogP contribution in [0.3, 0.4) is 0 Å². The standard InChI is InChI=1S/C19H16BrN3O/c20-11-5-8-16-14(9-11)15(10-21-16)18-22-17-4-2-1-3-13(17)19(24)23(18)12-6-7-12/h1-5,8-10,12,18,21-22H,6-7H2/t18-/m1/s1. The van der Waals surface area contributed by atoms with E-state index in [0.29, 0.717) is 6.04 Å². The zero-order valence-electron chi connectivity index (χ0n) is 12.9. The Hall–Kier alpha value is -2.27. The molecule has 0 unspecified atom stereocenters. The number of halogens is 1. The van der Waals surface area contributed by atoms with Crippen molar-refractivity contribution in [2.45, 2.75) is 25.0 Å². The molecule has 5 heteroatoms. The van der Waals surface area contributed by atoms with Crippen LogP contribution in [0.5, 0.6) is 0 Å². The van der Waals surface area contributed by atoms with Crippen molar-refractivity contribution in [2.24, 2.45) is 0 Å². The van der Waals surface area contributed by atoms with Crippen LogP contribution in [-0.2, 0) is 0 Å². The van der Waals surface area contributed by atoms with Crippen LogP contribution in [0.15, 0.2) is 53.1 Å². The molecule has 0 bridgehead atoms. The maximum atomic E-state index is 13.1. The third-order valence-electron chi connectivity index (χ3n) is 4.87. The van der Waals surface area contributed by atoms with E-state index >= 15 is 0 Å². The summed E-state index contributed by atoms with van der Waals surface area (Å²) in [6.07, 6.45) is 4.05. The molecule has 24 heavy (non-hydrogen) atoms. The molecule has 2 N–H and O–H groups in total. The van der Waals surface area contributed by atoms with Gasteiger partial charge >= 0.3 is 0 Å². The molecule has 2 aliphatic rings. The van der Waals surface area contributed by atoms with Gasteiger partial charge in [-0.3, -0.25) is 4.79 Å². The highest BCUT2D eigenvalue weighted by Crippen LogP contribution is 2.42. The minimum atomic E-state index is -0.136. The van der Waals surface area contributed by atoms with E-state index in [4.69, 9.17) is 0 Å². The predicted molar refractivity (Wildman–Crippen MR) is 98.0 cm³/mol. The van der Waals surface area contributed by atoms with Gasteiger partial charge in [-0.25, -0.2) is 0 Å². The molecule has 2 heterocycles. The molecule has 5 rings (SSSR count). The lowest BCUT2D eigenvalue weighted by atomic mass is 10.0. The number of carbonyl (C=O) groups is 1. The Kier molecular flexibility index (Phi) is 3.00. The van der Waals surface area contributed by atoms with Crippen LogP contribution < -0.4 is 5.32 Å². The summed E-state index contributed by atoms with van der Waals surface area (Å²) >= 11 is 3.55. The topological polar surface area (TPSA) is 48.1 Å². The Bertz CT molecular complexity index is 960. The van der Waals surface area contributed by atoms with E-state index in [9.17, 15) is 4.79 Å². The van der Waals surface area contributed by atoms with Gasteiger partial charge in [0, 0.05) is 38.9 Å². The van der Waals surface area contributed by atoms with Crippen molar-refractivity contribution in [2.75, 3.05) is 5.32 Å². The van der Waals surface area contributed by atoms with Crippen molar-refractivity contribution < 1.29 is 4.79 Å². The summed E-state index contributed by atoms with van der Waals surface area (Å²) < 4.78 is 1.04. The van der Waals surface area contributed by atoms with E-state index < -0.39 is 0 Å². The highest BCUT2D eigenvalue weighted by molar-refractivity contribution is 9.10. The Morgan fingerprint density at radius 2 is 1.96 bits per heavy atom. The Balaban J connectivity index is 1.68. The highest BCUT2D eigenvalue weighted by Gasteiger charge is 2.42. The second kappa shape index (κ2) is 5.11. The van der Waals surface area contributed by atoms with Gasteiger partial charge in [0.25, 0.3) is 5.91 Å². The summed E-state index contributed by atoms with van der Waals surface area (Å²) in [5.41, 5.74) is 3.87. The highest BCUT2D eigenvalue weighted by atomic mass is 79.9. The molecule has 3 aromatic rings. The minimum Gasteiger partial charge on any atom is -0.361 e. The molecular weight excluding hydrogens is 366 g/mol. The second-order valence-electron chi connectivity index (χ2n) is 6.47. The average Bonchev–Trinajstić information content (AvgIpc) is 3.34. The number of anilines is 1. The molecule has 0 saturated heterocycles. The SMILES string of the molecule is O=C1c2ccccc2N[C@@H](c2c[nH]c3ccc(Br)cc23)N1C1CC1. The third kappa shape index (κ3) is 2.08. The van der Waals surface area contributed by atoms with E-state index in [-0.39, 0.29) is 12.1 Å².